The van der Waals surface area contributed by atoms with E-state index in [0.29, 0.717) is 17.4 Å². The largest absolute Gasteiger partial charge is 0.309 e. The first-order chi connectivity index (χ1) is 30.2. The Bertz CT molecular complexity index is 3070. The van der Waals surface area contributed by atoms with Crippen LogP contribution in [0.5, 0.6) is 0 Å². The summed E-state index contributed by atoms with van der Waals surface area (Å²) < 4.78 is 4.69. The van der Waals surface area contributed by atoms with Crippen LogP contribution < -0.4 is 0 Å². The highest BCUT2D eigenvalue weighted by atomic mass is 15.1. The maximum atomic E-state index is 11.1. The number of fused-ring (bicyclic) bond motifs is 11. The minimum atomic E-state index is -0.0906. The van der Waals surface area contributed by atoms with Crippen molar-refractivity contribution in [1.82, 2.24) is 24.1 Å². The predicted molar refractivity (Wildman–Crippen MR) is 252 cm³/mol. The van der Waals surface area contributed by atoms with E-state index in [1.54, 1.807) is 0 Å². The van der Waals surface area contributed by atoms with Crippen LogP contribution in [0.25, 0.3) is 66.4 Å². The normalized spacial score (nSPS) is 28.4. The second kappa shape index (κ2) is 14.1. The maximum Gasteiger partial charge on any atom is 0.163 e. The summed E-state index contributed by atoms with van der Waals surface area (Å²) in [5, 5.41) is 15.9. The predicted octanol–water partition coefficient (Wildman–Crippen LogP) is 13.8. The maximum absolute atomic E-state index is 11.1. The zero-order chi connectivity index (χ0) is 41.9. The quantitative estimate of drug-likeness (QED) is 0.173. The molecule has 0 N–H and O–H groups in total. The molecule has 5 aromatic carbocycles. The summed E-state index contributed by atoms with van der Waals surface area (Å²) in [7, 11) is 0. The van der Waals surface area contributed by atoms with Crippen LogP contribution in [-0.4, -0.2) is 24.1 Å². The molecule has 0 radical (unpaired) electrons. The van der Waals surface area contributed by atoms with E-state index in [-0.39, 0.29) is 10.8 Å². The molecule has 4 aliphatic rings. The molecule has 12 rings (SSSR count). The molecule has 6 nitrogen and oxygen atoms in total. The van der Waals surface area contributed by atoms with Gasteiger partial charge in [0.25, 0.3) is 0 Å². The van der Waals surface area contributed by atoms with Crippen LogP contribution in [-0.2, 0) is 10.8 Å². The van der Waals surface area contributed by atoms with E-state index in [1.807, 2.05) is 0 Å². The monoisotopic (exact) mass is 812 g/mol. The number of rotatable bonds is 5. The van der Waals surface area contributed by atoms with Crippen LogP contribution in [0.3, 0.4) is 0 Å². The summed E-state index contributed by atoms with van der Waals surface area (Å²) in [5.74, 6) is 7.04. The number of nitriles is 1. The highest BCUT2D eigenvalue weighted by Crippen LogP contribution is 2.55. The lowest BCUT2D eigenvalue weighted by atomic mass is 9.56. The fourth-order valence-electron chi connectivity index (χ4n) is 14.4. The van der Waals surface area contributed by atoms with Gasteiger partial charge in [-0.15, -0.1) is 0 Å². The molecule has 4 fully saturated rings. The molecular weight excluding hydrogens is 757 g/mol. The molecule has 3 aromatic heterocycles. The molecule has 0 spiro atoms. The molecule has 62 heavy (non-hydrogen) atoms. The summed E-state index contributed by atoms with van der Waals surface area (Å²) in [6.07, 6.45) is 12.4. The molecule has 310 valence electrons. The van der Waals surface area contributed by atoms with E-state index in [9.17, 15) is 5.26 Å². The number of nitrogens with zero attached hydrogens (tertiary/aromatic N) is 6. The van der Waals surface area contributed by atoms with Crippen LogP contribution in [0, 0.1) is 46.8 Å². The van der Waals surface area contributed by atoms with Gasteiger partial charge in [-0.3, -0.25) is 0 Å². The van der Waals surface area contributed by atoms with Crippen molar-refractivity contribution in [2.45, 2.75) is 103 Å². The topological polar surface area (TPSA) is 72.3 Å². The van der Waals surface area contributed by atoms with E-state index < -0.39 is 0 Å². The van der Waals surface area contributed by atoms with Crippen LogP contribution in [0.15, 0.2) is 109 Å². The SMILES string of the molecule is CC1CC2CC(C1)CC(C)(c1nc(-c3ccc(-n4c5ccccc5c5c6c7ccccc7n(-c7ccccc7)c6ccc54)c(C#N)c3)nc(C34CC(C)CC(CC(C)C3)C4)n1)C2. The van der Waals surface area contributed by atoms with Gasteiger partial charge in [-0.1, -0.05) is 82.3 Å². The Morgan fingerprint density at radius 3 is 1.77 bits per heavy atom. The van der Waals surface area contributed by atoms with E-state index in [4.69, 9.17) is 15.0 Å². The van der Waals surface area contributed by atoms with Gasteiger partial charge in [0.1, 0.15) is 17.7 Å². The number of benzene rings is 5. The molecule has 6 heteroatoms. The van der Waals surface area contributed by atoms with Gasteiger partial charge < -0.3 is 9.13 Å². The molecule has 0 aliphatic heterocycles. The summed E-state index contributed by atoms with van der Waals surface area (Å²) in [6.45, 7) is 9.80. The minimum absolute atomic E-state index is 0.0300. The van der Waals surface area contributed by atoms with Gasteiger partial charge in [0.05, 0.1) is 33.3 Å². The van der Waals surface area contributed by atoms with Crippen molar-refractivity contribution in [3.05, 3.63) is 126 Å². The third-order valence-electron chi connectivity index (χ3n) is 16.0. The van der Waals surface area contributed by atoms with Gasteiger partial charge >= 0.3 is 0 Å². The Kier molecular flexibility index (Phi) is 8.63. The van der Waals surface area contributed by atoms with Crippen molar-refractivity contribution < 1.29 is 0 Å². The zero-order valence-electron chi connectivity index (χ0n) is 36.6. The average Bonchev–Trinajstić information content (AvgIpc) is 3.78. The number of hydrogen-bond donors (Lipinski definition) is 0. The summed E-state index contributed by atoms with van der Waals surface area (Å²) in [6, 6.07) is 41.6. The minimum Gasteiger partial charge on any atom is -0.309 e. The molecule has 0 saturated heterocycles. The first-order valence-electron chi connectivity index (χ1n) is 23.5. The summed E-state index contributed by atoms with van der Waals surface area (Å²) in [4.78, 5) is 16.7. The standard InChI is InChI=1S/C56H56N6/c1-34-22-38-26-39(23-34)31-55(4,30-38)53-58-52(59-54(60-53)56-28-35(2)24-37(32-56)25-36(3)29-56)40-18-19-45(41(27-40)33-57)62-47-17-11-9-15-44(47)51-49(62)21-20-48-50(51)43-14-8-10-16-46(43)61(48)42-12-6-5-7-13-42/h5-21,27,34-39H,22-26,28-32H2,1-4H3. The third-order valence-corrected chi connectivity index (χ3v) is 16.0. The van der Waals surface area contributed by atoms with Crippen molar-refractivity contribution in [2.24, 2.45) is 35.5 Å². The van der Waals surface area contributed by atoms with Crippen LogP contribution in [0.1, 0.15) is 109 Å². The smallest absolute Gasteiger partial charge is 0.163 e. The van der Waals surface area contributed by atoms with Crippen LogP contribution in [0.4, 0.5) is 0 Å². The van der Waals surface area contributed by atoms with Gasteiger partial charge in [0.2, 0.25) is 0 Å². The van der Waals surface area contributed by atoms with E-state index in [1.165, 1.54) is 71.1 Å². The second-order valence-corrected chi connectivity index (χ2v) is 21.0. The van der Waals surface area contributed by atoms with Crippen molar-refractivity contribution in [3.63, 3.8) is 0 Å². The summed E-state index contributed by atoms with van der Waals surface area (Å²) in [5.41, 5.74) is 7.91. The fourth-order valence-corrected chi connectivity index (χ4v) is 14.4. The number of hydrogen-bond acceptors (Lipinski definition) is 4. The van der Waals surface area contributed by atoms with E-state index in [0.717, 1.165) is 94.8 Å². The van der Waals surface area contributed by atoms with Gasteiger partial charge in [0, 0.05) is 43.6 Å². The molecule has 0 amide bonds. The summed E-state index contributed by atoms with van der Waals surface area (Å²) >= 11 is 0. The van der Waals surface area contributed by atoms with Crippen LogP contribution >= 0.6 is 0 Å². The Hall–Kier alpha value is -5.80. The average molecular weight is 813 g/mol. The van der Waals surface area contributed by atoms with Crippen molar-refractivity contribution in [1.29, 1.82) is 5.26 Å². The highest BCUT2D eigenvalue weighted by molar-refractivity contribution is 6.28. The van der Waals surface area contributed by atoms with E-state index >= 15 is 0 Å². The van der Waals surface area contributed by atoms with Crippen molar-refractivity contribution >= 4 is 43.6 Å². The lowest BCUT2D eigenvalue weighted by molar-refractivity contribution is 0.0689. The number of aromatic nitrogens is 5. The molecule has 4 aliphatic carbocycles. The molecule has 4 atom stereocenters. The molecule has 3 heterocycles. The lowest BCUT2D eigenvalue weighted by Crippen LogP contribution is -2.45. The Labute approximate surface area is 365 Å². The van der Waals surface area contributed by atoms with Gasteiger partial charge in [0.15, 0.2) is 5.82 Å². The Morgan fingerprint density at radius 1 is 0.548 bits per heavy atom. The molecule has 4 unspecified atom stereocenters. The number of para-hydroxylation sites is 3. The third kappa shape index (κ3) is 5.90. The molecule has 4 bridgehead atoms. The van der Waals surface area contributed by atoms with Crippen molar-refractivity contribution in [2.75, 3.05) is 0 Å². The lowest BCUT2D eigenvalue weighted by Gasteiger charge is -2.49. The first-order valence-corrected chi connectivity index (χ1v) is 23.5. The van der Waals surface area contributed by atoms with Gasteiger partial charge in [-0.2, -0.15) is 5.26 Å². The van der Waals surface area contributed by atoms with Crippen molar-refractivity contribution in [3.8, 4) is 28.8 Å². The van der Waals surface area contributed by atoms with E-state index in [2.05, 4.69) is 152 Å². The zero-order valence-corrected chi connectivity index (χ0v) is 36.6. The fraction of sp³-hybridized carbons (Fsp3) is 0.393. The molecular formula is C56H56N6. The Balaban J connectivity index is 1.04. The van der Waals surface area contributed by atoms with Crippen LogP contribution in [0.2, 0.25) is 0 Å². The highest BCUT2D eigenvalue weighted by Gasteiger charge is 2.49. The Morgan fingerprint density at radius 2 is 1.11 bits per heavy atom. The van der Waals surface area contributed by atoms with Gasteiger partial charge in [-0.05, 0) is 154 Å². The molecule has 4 saturated carbocycles. The first kappa shape index (κ1) is 37.9. The van der Waals surface area contributed by atoms with Gasteiger partial charge in [-0.25, -0.2) is 15.0 Å². The second-order valence-electron chi connectivity index (χ2n) is 21.0. The molecule has 8 aromatic rings.